The van der Waals surface area contributed by atoms with Crippen molar-refractivity contribution < 1.29 is 4.39 Å². The van der Waals surface area contributed by atoms with Crippen molar-refractivity contribution >= 4 is 10.8 Å². The van der Waals surface area contributed by atoms with Crippen LogP contribution in [-0.4, -0.2) is 0 Å². The fraction of sp³-hybridized carbons (Fsp3) is 0.278. The van der Waals surface area contributed by atoms with E-state index >= 15 is 0 Å². The second kappa shape index (κ2) is 13.6. The van der Waals surface area contributed by atoms with Crippen molar-refractivity contribution in [3.63, 3.8) is 0 Å². The summed E-state index contributed by atoms with van der Waals surface area (Å²) in [7, 11) is 0. The van der Waals surface area contributed by atoms with Crippen LogP contribution in [0.2, 0.25) is 0 Å². The molecule has 0 amide bonds. The molecule has 0 spiro atoms. The van der Waals surface area contributed by atoms with Crippen LogP contribution in [0, 0.1) is 17.7 Å². The Kier molecular flexibility index (Phi) is 9.73. The predicted octanol–water partition coefficient (Wildman–Crippen LogP) is 9.41. The number of halogens is 1. The van der Waals surface area contributed by atoms with Crippen LogP contribution in [0.5, 0.6) is 0 Å². The summed E-state index contributed by atoms with van der Waals surface area (Å²) in [5.74, 6) is 6.44. The molecule has 0 N–H and O–H groups in total. The summed E-state index contributed by atoms with van der Waals surface area (Å²) in [6, 6.07) is 27.3. The van der Waals surface area contributed by atoms with E-state index in [0.717, 1.165) is 73.4 Å². The molecule has 0 aliphatic rings. The normalized spacial score (nSPS) is 11.1. The molecule has 0 aliphatic carbocycles. The molecule has 0 heterocycles. The highest BCUT2D eigenvalue weighted by molar-refractivity contribution is 5.85. The minimum Gasteiger partial charge on any atom is -0.206 e. The van der Waals surface area contributed by atoms with Gasteiger partial charge in [-0.1, -0.05) is 98.4 Å². The third kappa shape index (κ3) is 7.68. The standard InChI is InChI=1S/C36H37F/c1-3-5-7-9-28-11-13-29(14-12-28)15-16-30-17-19-31(20-18-30)21-22-32-23-26-35-34(27-32)25-24-33(36(35)37)10-8-6-4-2/h3,5,11-14,17-20,23-27H,4,6-10,15-16H2,1-2H3/b5-3+. The van der Waals surface area contributed by atoms with Crippen LogP contribution in [0.15, 0.2) is 91.0 Å². The maximum Gasteiger partial charge on any atom is 0.134 e. The molecule has 188 valence electrons. The van der Waals surface area contributed by atoms with E-state index in [2.05, 4.69) is 86.4 Å². The third-order valence-corrected chi connectivity index (χ3v) is 6.95. The predicted molar refractivity (Wildman–Crippen MR) is 157 cm³/mol. The van der Waals surface area contributed by atoms with Crippen molar-refractivity contribution in [1.82, 2.24) is 0 Å². The van der Waals surface area contributed by atoms with Crippen molar-refractivity contribution in [2.45, 2.75) is 65.2 Å². The van der Waals surface area contributed by atoms with Crippen LogP contribution in [0.3, 0.4) is 0 Å². The first-order valence-corrected chi connectivity index (χ1v) is 13.7. The zero-order valence-electron chi connectivity index (χ0n) is 22.2. The molecule has 4 aromatic rings. The van der Waals surface area contributed by atoms with Crippen LogP contribution in [0.4, 0.5) is 4.39 Å². The van der Waals surface area contributed by atoms with Crippen molar-refractivity contribution in [2.75, 3.05) is 0 Å². The largest absolute Gasteiger partial charge is 0.206 e. The monoisotopic (exact) mass is 488 g/mol. The van der Waals surface area contributed by atoms with Crippen molar-refractivity contribution in [1.29, 1.82) is 0 Å². The SMILES string of the molecule is C/C=C/CCc1ccc(CCc2ccc(C#Cc3ccc4c(F)c(CCCCC)ccc4c3)cc2)cc1. The van der Waals surface area contributed by atoms with Gasteiger partial charge in [0.25, 0.3) is 0 Å². The molecule has 0 unspecified atom stereocenters. The Bertz CT molecular complexity index is 1380. The Labute approximate surface area is 222 Å². The van der Waals surface area contributed by atoms with Crippen molar-refractivity contribution in [3.05, 3.63) is 130 Å². The van der Waals surface area contributed by atoms with Gasteiger partial charge in [-0.3, -0.25) is 0 Å². The summed E-state index contributed by atoms with van der Waals surface area (Å²) in [4.78, 5) is 0. The Morgan fingerprint density at radius 1 is 0.676 bits per heavy atom. The van der Waals surface area contributed by atoms with Crippen LogP contribution < -0.4 is 0 Å². The zero-order valence-corrected chi connectivity index (χ0v) is 22.2. The highest BCUT2D eigenvalue weighted by Gasteiger charge is 2.07. The minimum absolute atomic E-state index is 0.0796. The molecule has 0 saturated heterocycles. The van der Waals surface area contributed by atoms with Gasteiger partial charge in [-0.05, 0) is 97.4 Å². The highest BCUT2D eigenvalue weighted by Crippen LogP contribution is 2.24. The van der Waals surface area contributed by atoms with E-state index in [9.17, 15) is 4.39 Å². The third-order valence-electron chi connectivity index (χ3n) is 6.95. The molecule has 0 nitrogen and oxygen atoms in total. The van der Waals surface area contributed by atoms with Gasteiger partial charge in [0.2, 0.25) is 0 Å². The number of benzene rings is 4. The van der Waals surface area contributed by atoms with Crippen molar-refractivity contribution in [3.8, 4) is 11.8 Å². The minimum atomic E-state index is -0.0796. The van der Waals surface area contributed by atoms with Crippen LogP contribution in [0.1, 0.15) is 72.9 Å². The van der Waals surface area contributed by atoms with Gasteiger partial charge in [-0.15, -0.1) is 0 Å². The molecule has 4 rings (SSSR count). The maximum atomic E-state index is 14.9. The molecular formula is C36H37F. The summed E-state index contributed by atoms with van der Waals surface area (Å²) in [5.41, 5.74) is 6.80. The number of rotatable bonds is 10. The fourth-order valence-corrected chi connectivity index (χ4v) is 4.65. The molecule has 1 heteroatoms. The first-order valence-electron chi connectivity index (χ1n) is 13.7. The van der Waals surface area contributed by atoms with Gasteiger partial charge in [0.1, 0.15) is 5.82 Å². The molecule has 0 atom stereocenters. The zero-order chi connectivity index (χ0) is 25.9. The number of unbranched alkanes of at least 4 members (excludes halogenated alkanes) is 2. The van der Waals surface area contributed by atoms with Gasteiger partial charge in [-0.25, -0.2) is 4.39 Å². The Morgan fingerprint density at radius 3 is 1.97 bits per heavy atom. The van der Waals surface area contributed by atoms with E-state index in [1.54, 1.807) is 0 Å². The average molecular weight is 489 g/mol. The number of hydrogen-bond donors (Lipinski definition) is 0. The van der Waals surface area contributed by atoms with Crippen LogP contribution >= 0.6 is 0 Å². The topological polar surface area (TPSA) is 0 Å². The summed E-state index contributed by atoms with van der Waals surface area (Å²) < 4.78 is 14.9. The molecule has 0 radical (unpaired) electrons. The lowest BCUT2D eigenvalue weighted by Crippen LogP contribution is -1.93. The molecule has 0 bridgehead atoms. The molecule has 0 saturated carbocycles. The van der Waals surface area contributed by atoms with Gasteiger partial charge in [0, 0.05) is 16.5 Å². The van der Waals surface area contributed by atoms with E-state index in [4.69, 9.17) is 0 Å². The van der Waals surface area contributed by atoms with E-state index in [0.29, 0.717) is 5.39 Å². The van der Waals surface area contributed by atoms with Crippen molar-refractivity contribution in [2.24, 2.45) is 0 Å². The van der Waals surface area contributed by atoms with Gasteiger partial charge in [0.15, 0.2) is 0 Å². The van der Waals surface area contributed by atoms with Gasteiger partial charge in [0.05, 0.1) is 0 Å². The molecule has 37 heavy (non-hydrogen) atoms. The average Bonchev–Trinajstić information content (AvgIpc) is 2.93. The number of allylic oxidation sites excluding steroid dienone is 2. The lowest BCUT2D eigenvalue weighted by molar-refractivity contribution is 0.609. The smallest absolute Gasteiger partial charge is 0.134 e. The van der Waals surface area contributed by atoms with E-state index in [-0.39, 0.29) is 5.82 Å². The maximum absolute atomic E-state index is 14.9. The summed E-state index contributed by atoms with van der Waals surface area (Å²) in [6.07, 6.45) is 12.7. The van der Waals surface area contributed by atoms with Gasteiger partial charge < -0.3 is 0 Å². The van der Waals surface area contributed by atoms with Crippen LogP contribution in [0.25, 0.3) is 10.8 Å². The second-order valence-corrected chi connectivity index (χ2v) is 9.80. The first-order chi connectivity index (χ1) is 18.2. The quantitative estimate of drug-likeness (QED) is 0.118. The number of fused-ring (bicyclic) bond motifs is 1. The summed E-state index contributed by atoms with van der Waals surface area (Å²) in [6.45, 7) is 4.24. The number of aryl methyl sites for hydroxylation is 4. The van der Waals surface area contributed by atoms with E-state index in [1.165, 1.54) is 16.7 Å². The van der Waals surface area contributed by atoms with E-state index < -0.39 is 0 Å². The van der Waals surface area contributed by atoms with Gasteiger partial charge in [-0.2, -0.15) is 0 Å². The first kappa shape index (κ1) is 26.4. The lowest BCUT2D eigenvalue weighted by Gasteiger charge is -2.07. The molecule has 0 fully saturated rings. The molecule has 4 aromatic carbocycles. The molecule has 0 aromatic heterocycles. The Balaban J connectivity index is 1.34. The Morgan fingerprint density at radius 2 is 1.30 bits per heavy atom. The highest BCUT2D eigenvalue weighted by atomic mass is 19.1. The Hall–Kier alpha value is -3.63. The summed E-state index contributed by atoms with van der Waals surface area (Å²) >= 11 is 0. The number of hydrogen-bond acceptors (Lipinski definition) is 0. The van der Waals surface area contributed by atoms with Gasteiger partial charge >= 0.3 is 0 Å². The fourth-order valence-electron chi connectivity index (χ4n) is 4.65. The van der Waals surface area contributed by atoms with E-state index in [1.807, 2.05) is 30.3 Å². The second-order valence-electron chi connectivity index (χ2n) is 9.80. The summed E-state index contributed by atoms with van der Waals surface area (Å²) in [5, 5.41) is 1.59. The lowest BCUT2D eigenvalue weighted by atomic mass is 10.00. The molecular weight excluding hydrogens is 451 g/mol. The molecule has 0 aliphatic heterocycles. The van der Waals surface area contributed by atoms with Crippen LogP contribution in [-0.2, 0) is 25.7 Å².